The first-order valence-corrected chi connectivity index (χ1v) is 8.02. The first kappa shape index (κ1) is 16.1. The van der Waals surface area contributed by atoms with Crippen LogP contribution in [0.1, 0.15) is 27.9 Å². The molecule has 0 spiro atoms. The van der Waals surface area contributed by atoms with Crippen LogP contribution in [0.3, 0.4) is 0 Å². The summed E-state index contributed by atoms with van der Waals surface area (Å²) < 4.78 is 5.12. The number of carbonyl (C=O) groups excluding carboxylic acids is 1. The molecule has 3 rings (SSSR count). The highest BCUT2D eigenvalue weighted by Gasteiger charge is 2.15. The van der Waals surface area contributed by atoms with Gasteiger partial charge in [-0.05, 0) is 49.7 Å². The molecule has 2 aromatic rings. The number of nitrogens with zero attached hydrogens (tertiary/aromatic N) is 1. The van der Waals surface area contributed by atoms with Gasteiger partial charge >= 0.3 is 0 Å². The van der Waals surface area contributed by atoms with Gasteiger partial charge in [0.2, 0.25) is 0 Å². The van der Waals surface area contributed by atoms with Crippen LogP contribution in [-0.2, 0) is 0 Å². The molecule has 0 saturated heterocycles. The smallest absolute Gasteiger partial charge is 0.255 e. The van der Waals surface area contributed by atoms with Crippen LogP contribution in [0.15, 0.2) is 47.5 Å². The minimum absolute atomic E-state index is 0.154. The Balaban J connectivity index is 1.86. The maximum absolute atomic E-state index is 12.5. The molecular weight excluding hydrogens is 302 g/mol. The first-order chi connectivity index (χ1) is 11.7. The molecule has 1 heterocycles. The molecule has 0 unspecified atom stereocenters. The van der Waals surface area contributed by atoms with E-state index in [9.17, 15) is 4.79 Å². The van der Waals surface area contributed by atoms with Gasteiger partial charge in [-0.15, -0.1) is 0 Å². The van der Waals surface area contributed by atoms with E-state index in [2.05, 4.69) is 15.6 Å². The second-order valence-corrected chi connectivity index (χ2v) is 5.74. The topological polar surface area (TPSA) is 62.7 Å². The minimum atomic E-state index is -0.154. The second-order valence-electron chi connectivity index (χ2n) is 5.74. The summed E-state index contributed by atoms with van der Waals surface area (Å²) in [7, 11) is 1.60. The van der Waals surface area contributed by atoms with Gasteiger partial charge < -0.3 is 15.4 Å². The zero-order valence-electron chi connectivity index (χ0n) is 13.9. The summed E-state index contributed by atoms with van der Waals surface area (Å²) >= 11 is 0. The number of aliphatic imine (C=N–C) groups is 1. The highest BCUT2D eigenvalue weighted by atomic mass is 16.5. The van der Waals surface area contributed by atoms with E-state index in [0.717, 1.165) is 47.9 Å². The lowest BCUT2D eigenvalue weighted by Crippen LogP contribution is -2.31. The molecule has 124 valence electrons. The molecule has 5 heteroatoms. The van der Waals surface area contributed by atoms with Crippen LogP contribution in [0.2, 0.25) is 0 Å². The third kappa shape index (κ3) is 3.56. The van der Waals surface area contributed by atoms with Crippen molar-refractivity contribution in [2.45, 2.75) is 13.3 Å². The van der Waals surface area contributed by atoms with Gasteiger partial charge in [0.1, 0.15) is 11.6 Å². The number of anilines is 1. The van der Waals surface area contributed by atoms with Crippen LogP contribution in [0.25, 0.3) is 0 Å². The fraction of sp³-hybridized carbons (Fsp3) is 0.263. The number of ether oxygens (including phenoxy) is 1. The predicted molar refractivity (Wildman–Crippen MR) is 96.1 cm³/mol. The van der Waals surface area contributed by atoms with E-state index in [-0.39, 0.29) is 5.91 Å². The average molecular weight is 323 g/mol. The zero-order chi connectivity index (χ0) is 16.9. The first-order valence-electron chi connectivity index (χ1n) is 8.02. The lowest BCUT2D eigenvalue weighted by atomic mass is 10.1. The summed E-state index contributed by atoms with van der Waals surface area (Å²) in [5.74, 6) is 1.41. The van der Waals surface area contributed by atoms with Gasteiger partial charge in [0, 0.05) is 24.2 Å². The number of amidine groups is 1. The average Bonchev–Trinajstić information content (AvgIpc) is 2.64. The third-order valence-corrected chi connectivity index (χ3v) is 3.93. The number of rotatable bonds is 4. The molecule has 2 aromatic carbocycles. The molecule has 0 bridgehead atoms. The molecule has 0 radical (unpaired) electrons. The maximum Gasteiger partial charge on any atom is 0.255 e. The van der Waals surface area contributed by atoms with Crippen molar-refractivity contribution in [3.8, 4) is 5.75 Å². The van der Waals surface area contributed by atoms with E-state index in [1.54, 1.807) is 31.4 Å². The molecule has 0 aromatic heterocycles. The van der Waals surface area contributed by atoms with Crippen molar-refractivity contribution in [3.05, 3.63) is 59.2 Å². The Morgan fingerprint density at radius 1 is 1.21 bits per heavy atom. The molecular formula is C19H21N3O2. The maximum atomic E-state index is 12.5. The van der Waals surface area contributed by atoms with E-state index >= 15 is 0 Å². The lowest BCUT2D eigenvalue weighted by molar-refractivity contribution is 0.102. The Bertz CT molecular complexity index is 767. The lowest BCUT2D eigenvalue weighted by Gasteiger charge is -2.18. The summed E-state index contributed by atoms with van der Waals surface area (Å²) in [6, 6.07) is 13.0. The third-order valence-electron chi connectivity index (χ3n) is 3.93. The van der Waals surface area contributed by atoms with Crippen LogP contribution < -0.4 is 15.4 Å². The number of hydrogen-bond acceptors (Lipinski definition) is 4. The largest absolute Gasteiger partial charge is 0.497 e. The number of carbonyl (C=O) groups is 1. The van der Waals surface area contributed by atoms with Crippen LogP contribution in [0.4, 0.5) is 5.69 Å². The van der Waals surface area contributed by atoms with Gasteiger partial charge in [0.25, 0.3) is 5.91 Å². The summed E-state index contributed by atoms with van der Waals surface area (Å²) in [5, 5.41) is 6.30. The fourth-order valence-corrected chi connectivity index (χ4v) is 2.61. The van der Waals surface area contributed by atoms with Gasteiger partial charge in [-0.1, -0.05) is 11.6 Å². The zero-order valence-corrected chi connectivity index (χ0v) is 13.9. The fourth-order valence-electron chi connectivity index (χ4n) is 2.61. The van der Waals surface area contributed by atoms with Gasteiger partial charge in [-0.2, -0.15) is 0 Å². The molecule has 0 fully saturated rings. The summed E-state index contributed by atoms with van der Waals surface area (Å²) in [6.07, 6.45) is 1.03. The number of benzene rings is 2. The number of methoxy groups -OCH3 is 1. The van der Waals surface area contributed by atoms with Gasteiger partial charge in [0.05, 0.1) is 12.8 Å². The summed E-state index contributed by atoms with van der Waals surface area (Å²) in [5.41, 5.74) is 3.40. The summed E-state index contributed by atoms with van der Waals surface area (Å²) in [6.45, 7) is 3.74. The van der Waals surface area contributed by atoms with Gasteiger partial charge in [-0.3, -0.25) is 9.79 Å². The molecule has 24 heavy (non-hydrogen) atoms. The molecule has 0 atom stereocenters. The van der Waals surface area contributed by atoms with E-state index in [4.69, 9.17) is 4.74 Å². The Hall–Kier alpha value is -2.82. The predicted octanol–water partition coefficient (Wildman–Crippen LogP) is 3.00. The molecule has 0 aliphatic carbocycles. The van der Waals surface area contributed by atoms with Crippen molar-refractivity contribution < 1.29 is 9.53 Å². The normalized spacial score (nSPS) is 13.7. The molecule has 5 nitrogen and oxygen atoms in total. The van der Waals surface area contributed by atoms with Gasteiger partial charge in [-0.25, -0.2) is 0 Å². The SMILES string of the molecule is COc1ccc(C(=O)Nc2ccc(C)cc2C2=NCCCN2)cc1. The Morgan fingerprint density at radius 2 is 2.00 bits per heavy atom. The van der Waals surface area contributed by atoms with Crippen molar-refractivity contribution in [1.82, 2.24) is 5.32 Å². The van der Waals surface area contributed by atoms with Crippen LogP contribution in [0, 0.1) is 6.92 Å². The van der Waals surface area contributed by atoms with Crippen molar-refractivity contribution in [3.63, 3.8) is 0 Å². The second kappa shape index (κ2) is 7.17. The summed E-state index contributed by atoms with van der Waals surface area (Å²) in [4.78, 5) is 17.1. The number of amides is 1. The van der Waals surface area contributed by atoms with Crippen molar-refractivity contribution in [2.75, 3.05) is 25.5 Å². The molecule has 1 aliphatic heterocycles. The van der Waals surface area contributed by atoms with E-state index in [0.29, 0.717) is 5.56 Å². The Morgan fingerprint density at radius 3 is 2.67 bits per heavy atom. The number of nitrogens with one attached hydrogen (secondary N) is 2. The monoisotopic (exact) mass is 323 g/mol. The molecule has 1 aliphatic rings. The van der Waals surface area contributed by atoms with Crippen LogP contribution in [-0.4, -0.2) is 31.9 Å². The van der Waals surface area contributed by atoms with Crippen molar-refractivity contribution in [2.24, 2.45) is 4.99 Å². The van der Waals surface area contributed by atoms with Gasteiger partial charge in [0.15, 0.2) is 0 Å². The van der Waals surface area contributed by atoms with E-state index in [1.165, 1.54) is 0 Å². The van der Waals surface area contributed by atoms with Crippen LogP contribution >= 0.6 is 0 Å². The molecule has 2 N–H and O–H groups in total. The van der Waals surface area contributed by atoms with Crippen molar-refractivity contribution in [1.29, 1.82) is 0 Å². The number of hydrogen-bond donors (Lipinski definition) is 2. The van der Waals surface area contributed by atoms with Crippen LogP contribution in [0.5, 0.6) is 5.75 Å². The van der Waals surface area contributed by atoms with E-state index in [1.807, 2.05) is 25.1 Å². The Kier molecular flexibility index (Phi) is 4.79. The minimum Gasteiger partial charge on any atom is -0.497 e. The van der Waals surface area contributed by atoms with Crippen molar-refractivity contribution >= 4 is 17.4 Å². The highest BCUT2D eigenvalue weighted by molar-refractivity contribution is 6.10. The number of aryl methyl sites for hydroxylation is 1. The highest BCUT2D eigenvalue weighted by Crippen LogP contribution is 2.20. The van der Waals surface area contributed by atoms with E-state index < -0.39 is 0 Å². The quantitative estimate of drug-likeness (QED) is 0.909. The molecule has 0 saturated carbocycles. The Labute approximate surface area is 141 Å². The molecule has 1 amide bonds. The standard InChI is InChI=1S/C19H21N3O2/c1-13-4-9-17(16(12-13)18-20-10-3-11-21-18)22-19(23)14-5-7-15(24-2)8-6-14/h4-9,12H,3,10-11H2,1-2H3,(H,20,21)(H,22,23).